The summed E-state index contributed by atoms with van der Waals surface area (Å²) in [5.74, 6) is -0.808. The molecule has 29 heavy (non-hydrogen) atoms. The number of rotatable bonds is 9. The molecule has 0 radical (unpaired) electrons. The van der Waals surface area contributed by atoms with E-state index in [0.29, 0.717) is 21.3 Å². The number of hydrogen-bond donors (Lipinski definition) is 1. The van der Waals surface area contributed by atoms with Crippen molar-refractivity contribution in [1.29, 1.82) is 0 Å². The van der Waals surface area contributed by atoms with E-state index in [1.807, 2.05) is 12.1 Å². The second-order valence-corrected chi connectivity index (χ2v) is 7.58. The van der Waals surface area contributed by atoms with E-state index in [-0.39, 0.29) is 31.1 Å². The van der Waals surface area contributed by atoms with Crippen molar-refractivity contribution < 1.29 is 14.4 Å². The molecule has 0 bridgehead atoms. The molecule has 1 N–H and O–H groups in total. The van der Waals surface area contributed by atoms with Crippen molar-refractivity contribution >= 4 is 46.5 Å². The number of amides is 2. The molecule has 2 amide bonds. The van der Waals surface area contributed by atoms with Crippen molar-refractivity contribution in [3.8, 4) is 0 Å². The number of hydrogen-bond acceptors (Lipinski definition) is 3. The Morgan fingerprint density at radius 1 is 0.966 bits per heavy atom. The Kier molecular flexibility index (Phi) is 8.68. The molecular formula is C22H24Cl2N2O3. The lowest BCUT2D eigenvalue weighted by atomic mass is 10.0. The fourth-order valence-corrected chi connectivity index (χ4v) is 3.29. The number of nitrogens with zero attached hydrogens (tertiary/aromatic N) is 1. The number of ketones is 1. The number of anilines is 1. The lowest BCUT2D eigenvalue weighted by molar-refractivity contribution is -0.133. The zero-order valence-corrected chi connectivity index (χ0v) is 18.0. The summed E-state index contributed by atoms with van der Waals surface area (Å²) in [6, 6.07) is 12.4. The van der Waals surface area contributed by atoms with Crippen molar-refractivity contribution in [3.05, 3.63) is 63.6 Å². The van der Waals surface area contributed by atoms with Gasteiger partial charge in [-0.2, -0.15) is 0 Å². The summed E-state index contributed by atoms with van der Waals surface area (Å²) in [6.07, 6.45) is 2.14. The summed E-state index contributed by atoms with van der Waals surface area (Å²) < 4.78 is 0. The van der Waals surface area contributed by atoms with Gasteiger partial charge in [-0.1, -0.05) is 66.9 Å². The second-order valence-electron chi connectivity index (χ2n) is 6.76. The van der Waals surface area contributed by atoms with E-state index >= 15 is 0 Å². The first-order chi connectivity index (χ1) is 13.8. The van der Waals surface area contributed by atoms with E-state index in [2.05, 4.69) is 12.2 Å². The molecule has 0 aliphatic rings. The third-order valence-electron chi connectivity index (χ3n) is 4.41. The number of benzene rings is 2. The summed E-state index contributed by atoms with van der Waals surface area (Å²) in [6.45, 7) is 1.94. The van der Waals surface area contributed by atoms with Gasteiger partial charge in [0.1, 0.15) is 0 Å². The van der Waals surface area contributed by atoms with Gasteiger partial charge < -0.3 is 10.2 Å². The third kappa shape index (κ3) is 6.87. The Labute approximate surface area is 181 Å². The summed E-state index contributed by atoms with van der Waals surface area (Å²) in [7, 11) is 1.51. The van der Waals surface area contributed by atoms with Crippen LogP contribution in [0, 0.1) is 0 Å². The van der Waals surface area contributed by atoms with Crippen LogP contribution in [0.3, 0.4) is 0 Å². The first kappa shape index (κ1) is 22.9. The van der Waals surface area contributed by atoms with Gasteiger partial charge >= 0.3 is 0 Å². The van der Waals surface area contributed by atoms with Crippen LogP contribution in [0.2, 0.25) is 10.0 Å². The van der Waals surface area contributed by atoms with E-state index in [9.17, 15) is 14.4 Å². The molecule has 0 aromatic heterocycles. The number of carbonyl (C=O) groups excluding carboxylic acids is 3. The van der Waals surface area contributed by atoms with Gasteiger partial charge in [-0.25, -0.2) is 0 Å². The van der Waals surface area contributed by atoms with Crippen molar-refractivity contribution in [2.45, 2.75) is 32.6 Å². The van der Waals surface area contributed by atoms with E-state index < -0.39 is 5.91 Å². The Balaban J connectivity index is 1.83. The molecule has 0 aliphatic carbocycles. The molecule has 154 valence electrons. The Bertz CT molecular complexity index is 862. The largest absolute Gasteiger partial charge is 0.336 e. The standard InChI is InChI=1S/C22H24Cl2N2O3/c1-3-5-15-8-10-16(11-9-15)19(27)12-13-21(29)26(2)14-20(28)25-22-17(23)6-4-7-18(22)24/h4,6-11H,3,5,12-14H2,1-2H3,(H,25,28). The maximum atomic E-state index is 12.3. The highest BCUT2D eigenvalue weighted by Crippen LogP contribution is 2.29. The van der Waals surface area contributed by atoms with Gasteiger partial charge in [-0.3, -0.25) is 14.4 Å². The minimum atomic E-state index is -0.423. The highest BCUT2D eigenvalue weighted by Gasteiger charge is 2.17. The normalized spacial score (nSPS) is 10.5. The second kappa shape index (κ2) is 11.0. The number of halogens is 2. The predicted molar refractivity (Wildman–Crippen MR) is 117 cm³/mol. The lowest BCUT2D eigenvalue weighted by Crippen LogP contribution is -2.35. The first-order valence-electron chi connectivity index (χ1n) is 9.41. The topological polar surface area (TPSA) is 66.5 Å². The first-order valence-corrected chi connectivity index (χ1v) is 10.2. The average molecular weight is 435 g/mol. The molecule has 0 saturated carbocycles. The van der Waals surface area contributed by atoms with E-state index in [1.54, 1.807) is 30.3 Å². The Hall–Kier alpha value is -2.37. The molecule has 0 spiro atoms. The summed E-state index contributed by atoms with van der Waals surface area (Å²) >= 11 is 12.1. The molecule has 0 atom stereocenters. The van der Waals surface area contributed by atoms with Gasteiger partial charge in [-0.05, 0) is 24.1 Å². The van der Waals surface area contributed by atoms with E-state index in [0.717, 1.165) is 12.8 Å². The number of para-hydroxylation sites is 1. The highest BCUT2D eigenvalue weighted by molar-refractivity contribution is 6.39. The average Bonchev–Trinajstić information content (AvgIpc) is 2.69. The fourth-order valence-electron chi connectivity index (χ4n) is 2.80. The van der Waals surface area contributed by atoms with Crippen molar-refractivity contribution in [2.75, 3.05) is 18.9 Å². The highest BCUT2D eigenvalue weighted by atomic mass is 35.5. The van der Waals surface area contributed by atoms with Crippen molar-refractivity contribution in [2.24, 2.45) is 0 Å². The predicted octanol–water partition coefficient (Wildman–Crippen LogP) is 5.01. The van der Waals surface area contributed by atoms with E-state index in [4.69, 9.17) is 23.2 Å². The van der Waals surface area contributed by atoms with Crippen LogP contribution in [0.1, 0.15) is 42.1 Å². The third-order valence-corrected chi connectivity index (χ3v) is 5.04. The zero-order valence-electron chi connectivity index (χ0n) is 16.5. The molecule has 2 rings (SSSR count). The molecule has 2 aromatic carbocycles. The molecular weight excluding hydrogens is 411 g/mol. The number of carbonyl (C=O) groups is 3. The minimum absolute atomic E-state index is 0.0339. The van der Waals surface area contributed by atoms with Gasteiger partial charge in [0.15, 0.2) is 5.78 Å². The van der Waals surface area contributed by atoms with Gasteiger partial charge in [-0.15, -0.1) is 0 Å². The molecule has 5 nitrogen and oxygen atoms in total. The van der Waals surface area contributed by atoms with Crippen LogP contribution >= 0.6 is 23.2 Å². The van der Waals surface area contributed by atoms with Crippen LogP contribution in [0.4, 0.5) is 5.69 Å². The number of nitrogens with one attached hydrogen (secondary N) is 1. The monoisotopic (exact) mass is 434 g/mol. The van der Waals surface area contributed by atoms with Crippen LogP contribution in [0.15, 0.2) is 42.5 Å². The van der Waals surface area contributed by atoms with Gasteiger partial charge in [0, 0.05) is 25.5 Å². The fraction of sp³-hybridized carbons (Fsp3) is 0.318. The summed E-state index contributed by atoms with van der Waals surface area (Å²) in [4.78, 5) is 38.0. The maximum absolute atomic E-state index is 12.3. The van der Waals surface area contributed by atoms with E-state index in [1.165, 1.54) is 17.5 Å². The molecule has 0 fully saturated rings. The van der Waals surface area contributed by atoms with Crippen LogP contribution in [0.25, 0.3) is 0 Å². The van der Waals surface area contributed by atoms with Crippen LogP contribution in [0.5, 0.6) is 0 Å². The van der Waals surface area contributed by atoms with Gasteiger partial charge in [0.05, 0.1) is 22.3 Å². The molecule has 0 saturated heterocycles. The SMILES string of the molecule is CCCc1ccc(C(=O)CCC(=O)N(C)CC(=O)Nc2c(Cl)cccc2Cl)cc1. The molecule has 2 aromatic rings. The zero-order chi connectivity index (χ0) is 21.4. The summed E-state index contributed by atoms with van der Waals surface area (Å²) in [5, 5.41) is 3.24. The van der Waals surface area contributed by atoms with Crippen LogP contribution in [-0.4, -0.2) is 36.1 Å². The molecule has 0 heterocycles. The number of Topliss-reactive ketones (excluding diaryl/α,β-unsaturated/α-hetero) is 1. The maximum Gasteiger partial charge on any atom is 0.244 e. The van der Waals surface area contributed by atoms with Crippen LogP contribution in [-0.2, 0) is 16.0 Å². The van der Waals surface area contributed by atoms with Gasteiger partial charge in [0.2, 0.25) is 11.8 Å². The Morgan fingerprint density at radius 2 is 1.59 bits per heavy atom. The van der Waals surface area contributed by atoms with Gasteiger partial charge in [0.25, 0.3) is 0 Å². The quantitative estimate of drug-likeness (QED) is 0.564. The van der Waals surface area contributed by atoms with Crippen molar-refractivity contribution in [3.63, 3.8) is 0 Å². The molecule has 7 heteroatoms. The number of aryl methyl sites for hydroxylation is 1. The molecule has 0 aliphatic heterocycles. The smallest absolute Gasteiger partial charge is 0.244 e. The Morgan fingerprint density at radius 3 is 2.17 bits per heavy atom. The van der Waals surface area contributed by atoms with Crippen molar-refractivity contribution in [1.82, 2.24) is 4.90 Å². The van der Waals surface area contributed by atoms with Crippen LogP contribution < -0.4 is 5.32 Å². The lowest BCUT2D eigenvalue weighted by Gasteiger charge is -2.17. The number of likely N-dealkylation sites (N-methyl/N-ethyl adjacent to an activating group) is 1. The minimum Gasteiger partial charge on any atom is -0.336 e. The summed E-state index contributed by atoms with van der Waals surface area (Å²) in [5.41, 5.74) is 2.08. The molecule has 0 unspecified atom stereocenters.